The third kappa shape index (κ3) is 4.10. The van der Waals surface area contributed by atoms with Crippen molar-refractivity contribution in [1.82, 2.24) is 10.2 Å². The van der Waals surface area contributed by atoms with Gasteiger partial charge in [-0.1, -0.05) is 32.0 Å². The number of carbonyl (C=O) groups excluding carboxylic acids is 1. The molecule has 1 amide bonds. The van der Waals surface area contributed by atoms with E-state index in [0.717, 1.165) is 30.2 Å². The van der Waals surface area contributed by atoms with Gasteiger partial charge in [-0.2, -0.15) is 0 Å². The average Bonchev–Trinajstić information content (AvgIpc) is 3.36. The third-order valence-corrected chi connectivity index (χ3v) is 6.16. The second-order valence-corrected chi connectivity index (χ2v) is 8.08. The number of nitrogens with zero attached hydrogens (tertiary/aromatic N) is 1. The van der Waals surface area contributed by atoms with Gasteiger partial charge in [0.05, 0.1) is 13.7 Å². The summed E-state index contributed by atoms with van der Waals surface area (Å²) in [6, 6.07) is 14.6. The largest absolute Gasteiger partial charge is 0.497 e. The summed E-state index contributed by atoms with van der Waals surface area (Å²) in [6.45, 7) is 6.53. The van der Waals surface area contributed by atoms with Gasteiger partial charge in [-0.05, 0) is 47.7 Å². The Hall–Kier alpha value is -2.73. The van der Waals surface area contributed by atoms with Crippen LogP contribution in [0.3, 0.4) is 0 Å². The number of benzene rings is 2. The number of fused-ring (bicyclic) bond motifs is 1. The quantitative estimate of drug-likeness (QED) is 0.754. The summed E-state index contributed by atoms with van der Waals surface area (Å²) in [4.78, 5) is 14.8. The Morgan fingerprint density at radius 1 is 1.13 bits per heavy atom. The summed E-state index contributed by atoms with van der Waals surface area (Å²) in [5, 5.41) is 3.02. The first-order valence-electron chi connectivity index (χ1n) is 10.6. The van der Waals surface area contributed by atoms with Crippen LogP contribution in [0.4, 0.5) is 0 Å². The van der Waals surface area contributed by atoms with Gasteiger partial charge in [0.25, 0.3) is 0 Å². The fourth-order valence-electron chi connectivity index (χ4n) is 4.62. The van der Waals surface area contributed by atoms with Gasteiger partial charge in [-0.3, -0.25) is 9.69 Å². The second kappa shape index (κ2) is 8.96. The van der Waals surface area contributed by atoms with Crippen molar-refractivity contribution in [2.45, 2.75) is 32.2 Å². The molecule has 3 atom stereocenters. The van der Waals surface area contributed by atoms with Crippen LogP contribution in [0, 0.1) is 5.92 Å². The van der Waals surface area contributed by atoms with Crippen LogP contribution in [0.2, 0.25) is 0 Å². The lowest BCUT2D eigenvalue weighted by Crippen LogP contribution is -2.37. The average molecular weight is 411 g/mol. The highest BCUT2D eigenvalue weighted by molar-refractivity contribution is 5.78. The molecule has 2 aromatic carbocycles. The molecule has 6 nitrogen and oxygen atoms in total. The summed E-state index contributed by atoms with van der Waals surface area (Å²) in [6.07, 6.45) is 0.934. The van der Waals surface area contributed by atoms with Crippen LogP contribution in [0.15, 0.2) is 42.5 Å². The molecule has 1 fully saturated rings. The fourth-order valence-corrected chi connectivity index (χ4v) is 4.62. The number of amides is 1. The SMILES string of the molecule is CCCNC(=O)CN1CC(c2ccc3c(c2)OCO3)C(C)C1c1ccc(OC)cc1. The lowest BCUT2D eigenvalue weighted by molar-refractivity contribution is -0.122. The van der Waals surface area contributed by atoms with E-state index < -0.39 is 0 Å². The molecule has 160 valence electrons. The summed E-state index contributed by atoms with van der Waals surface area (Å²) >= 11 is 0. The van der Waals surface area contributed by atoms with Crippen molar-refractivity contribution in [3.8, 4) is 17.2 Å². The molecule has 0 aliphatic carbocycles. The summed E-state index contributed by atoms with van der Waals surface area (Å²) < 4.78 is 16.4. The first kappa shape index (κ1) is 20.5. The number of rotatable bonds is 7. The Labute approximate surface area is 178 Å². The van der Waals surface area contributed by atoms with Crippen LogP contribution in [-0.2, 0) is 4.79 Å². The zero-order valence-electron chi connectivity index (χ0n) is 17.9. The molecule has 2 aliphatic heterocycles. The van der Waals surface area contributed by atoms with E-state index in [-0.39, 0.29) is 18.7 Å². The summed E-state index contributed by atoms with van der Waals surface area (Å²) in [5.41, 5.74) is 2.43. The van der Waals surface area contributed by atoms with Crippen LogP contribution >= 0.6 is 0 Å². The van der Waals surface area contributed by atoms with Gasteiger partial charge < -0.3 is 19.5 Å². The van der Waals surface area contributed by atoms with Crippen molar-refractivity contribution in [2.24, 2.45) is 5.92 Å². The predicted molar refractivity (Wildman–Crippen MR) is 115 cm³/mol. The smallest absolute Gasteiger partial charge is 0.234 e. The molecule has 3 unspecified atom stereocenters. The minimum Gasteiger partial charge on any atom is -0.497 e. The Morgan fingerprint density at radius 2 is 1.87 bits per heavy atom. The van der Waals surface area contributed by atoms with Crippen LogP contribution in [0.1, 0.15) is 43.4 Å². The van der Waals surface area contributed by atoms with Gasteiger partial charge in [0.2, 0.25) is 12.7 Å². The zero-order chi connectivity index (χ0) is 21.1. The molecule has 2 heterocycles. The Morgan fingerprint density at radius 3 is 2.60 bits per heavy atom. The second-order valence-electron chi connectivity index (χ2n) is 8.08. The Balaban J connectivity index is 1.61. The van der Waals surface area contributed by atoms with E-state index in [1.54, 1.807) is 7.11 Å². The molecule has 4 rings (SSSR count). The molecular weight excluding hydrogens is 380 g/mol. The first-order chi connectivity index (χ1) is 14.6. The van der Waals surface area contributed by atoms with Crippen LogP contribution in [-0.4, -0.2) is 44.3 Å². The zero-order valence-corrected chi connectivity index (χ0v) is 17.9. The maximum absolute atomic E-state index is 12.5. The number of nitrogens with one attached hydrogen (secondary N) is 1. The molecule has 0 spiro atoms. The number of likely N-dealkylation sites (tertiary alicyclic amines) is 1. The normalized spacial score (nSPS) is 22.8. The first-order valence-corrected chi connectivity index (χ1v) is 10.6. The number of hydrogen-bond donors (Lipinski definition) is 1. The molecule has 6 heteroatoms. The van der Waals surface area contributed by atoms with Crippen LogP contribution in [0.25, 0.3) is 0 Å². The minimum atomic E-state index is 0.0777. The molecule has 2 aliphatic rings. The number of methoxy groups -OCH3 is 1. The van der Waals surface area contributed by atoms with Gasteiger partial charge in [-0.25, -0.2) is 0 Å². The van der Waals surface area contributed by atoms with Crippen molar-refractivity contribution in [1.29, 1.82) is 0 Å². The van der Waals surface area contributed by atoms with Crippen molar-refractivity contribution in [3.05, 3.63) is 53.6 Å². The van der Waals surface area contributed by atoms with Crippen molar-refractivity contribution in [3.63, 3.8) is 0 Å². The van der Waals surface area contributed by atoms with Crippen molar-refractivity contribution < 1.29 is 19.0 Å². The fraction of sp³-hybridized carbons (Fsp3) is 0.458. The van der Waals surface area contributed by atoms with E-state index in [1.807, 2.05) is 18.2 Å². The van der Waals surface area contributed by atoms with E-state index in [9.17, 15) is 4.79 Å². The maximum Gasteiger partial charge on any atom is 0.234 e. The van der Waals surface area contributed by atoms with Crippen molar-refractivity contribution >= 4 is 5.91 Å². The summed E-state index contributed by atoms with van der Waals surface area (Å²) in [5.74, 6) is 3.15. The van der Waals surface area contributed by atoms with Gasteiger partial charge in [0, 0.05) is 25.0 Å². The summed E-state index contributed by atoms with van der Waals surface area (Å²) in [7, 11) is 1.67. The lowest BCUT2D eigenvalue weighted by atomic mass is 9.84. The standard InChI is InChI=1S/C24H30N2O4/c1-4-11-25-23(27)14-26-13-20(18-7-10-21-22(12-18)30-15-29-21)16(2)24(26)17-5-8-19(28-3)9-6-17/h5-10,12,16,20,24H,4,11,13-15H2,1-3H3,(H,25,27). The van der Waals surface area contributed by atoms with Gasteiger partial charge in [0.1, 0.15) is 5.75 Å². The minimum absolute atomic E-state index is 0.0777. The molecule has 1 saturated heterocycles. The monoisotopic (exact) mass is 410 g/mol. The topological polar surface area (TPSA) is 60.0 Å². The van der Waals surface area contributed by atoms with Gasteiger partial charge >= 0.3 is 0 Å². The molecule has 0 bridgehead atoms. The molecule has 0 saturated carbocycles. The number of carbonyl (C=O) groups is 1. The van der Waals surface area contributed by atoms with E-state index >= 15 is 0 Å². The number of hydrogen-bond acceptors (Lipinski definition) is 5. The molecule has 0 aromatic heterocycles. The van der Waals surface area contributed by atoms with E-state index in [2.05, 4.69) is 48.3 Å². The Kier molecular flexibility index (Phi) is 6.13. The van der Waals surface area contributed by atoms with E-state index in [1.165, 1.54) is 11.1 Å². The number of ether oxygens (including phenoxy) is 3. The van der Waals surface area contributed by atoms with E-state index in [0.29, 0.717) is 24.9 Å². The molecular formula is C24H30N2O4. The molecule has 1 N–H and O–H groups in total. The lowest BCUT2D eigenvalue weighted by Gasteiger charge is -2.27. The van der Waals surface area contributed by atoms with Crippen molar-refractivity contribution in [2.75, 3.05) is 33.5 Å². The Bertz CT molecular complexity index is 883. The maximum atomic E-state index is 12.5. The van der Waals surface area contributed by atoms with Crippen LogP contribution in [0.5, 0.6) is 17.2 Å². The van der Waals surface area contributed by atoms with Gasteiger partial charge in [0.15, 0.2) is 11.5 Å². The van der Waals surface area contributed by atoms with E-state index in [4.69, 9.17) is 14.2 Å². The molecule has 2 aromatic rings. The third-order valence-electron chi connectivity index (χ3n) is 6.16. The van der Waals surface area contributed by atoms with Crippen LogP contribution < -0.4 is 19.5 Å². The highest BCUT2D eigenvalue weighted by Gasteiger charge is 2.41. The molecule has 0 radical (unpaired) electrons. The highest BCUT2D eigenvalue weighted by Crippen LogP contribution is 2.47. The van der Waals surface area contributed by atoms with Gasteiger partial charge in [-0.15, -0.1) is 0 Å². The highest BCUT2D eigenvalue weighted by atomic mass is 16.7. The molecule has 30 heavy (non-hydrogen) atoms. The predicted octanol–water partition coefficient (Wildman–Crippen LogP) is 3.73.